The maximum Gasteiger partial charge on any atom is 0.143 e. The summed E-state index contributed by atoms with van der Waals surface area (Å²) in [6.45, 7) is 0. The second-order valence-corrected chi connectivity index (χ2v) is 14.9. The molecule has 266 valence electrons. The molecule has 12 rings (SSSR count). The molecule has 0 saturated heterocycles. The Morgan fingerprint density at radius 2 is 0.912 bits per heavy atom. The molecule has 0 radical (unpaired) electrons. The Morgan fingerprint density at radius 3 is 1.81 bits per heavy atom. The van der Waals surface area contributed by atoms with Crippen molar-refractivity contribution in [3.8, 4) is 22.3 Å². The monoisotopic (exact) mass is 727 g/mol. The van der Waals surface area contributed by atoms with Gasteiger partial charge >= 0.3 is 0 Å². The van der Waals surface area contributed by atoms with E-state index in [0.29, 0.717) is 0 Å². The molecule has 0 saturated carbocycles. The minimum Gasteiger partial charge on any atom is -0.456 e. The summed E-state index contributed by atoms with van der Waals surface area (Å²) >= 11 is 0. The number of rotatable bonds is 5. The highest BCUT2D eigenvalue weighted by atomic mass is 16.3. The summed E-state index contributed by atoms with van der Waals surface area (Å²) in [6.07, 6.45) is 0. The molecule has 10 aromatic carbocycles. The number of anilines is 3. The Bertz CT molecular complexity index is 3530. The van der Waals surface area contributed by atoms with Crippen molar-refractivity contribution >= 4 is 93.3 Å². The van der Waals surface area contributed by atoms with E-state index < -0.39 is 0 Å². The zero-order valence-corrected chi connectivity index (χ0v) is 30.8. The van der Waals surface area contributed by atoms with Gasteiger partial charge in [-0.3, -0.25) is 0 Å². The van der Waals surface area contributed by atoms with Crippen molar-refractivity contribution < 1.29 is 8.83 Å². The second kappa shape index (κ2) is 12.5. The van der Waals surface area contributed by atoms with Gasteiger partial charge in [-0.2, -0.15) is 0 Å². The second-order valence-electron chi connectivity index (χ2n) is 14.9. The van der Waals surface area contributed by atoms with E-state index in [1.54, 1.807) is 0 Å². The molecule has 2 aromatic heterocycles. The van der Waals surface area contributed by atoms with Crippen molar-refractivity contribution in [1.82, 2.24) is 0 Å². The van der Waals surface area contributed by atoms with Gasteiger partial charge in [0, 0.05) is 50.1 Å². The number of nitrogens with zero attached hydrogens (tertiary/aromatic N) is 1. The average molecular weight is 728 g/mol. The largest absolute Gasteiger partial charge is 0.456 e. The molecule has 0 N–H and O–H groups in total. The third-order valence-corrected chi connectivity index (χ3v) is 11.6. The lowest BCUT2D eigenvalue weighted by Gasteiger charge is -2.26. The van der Waals surface area contributed by atoms with Gasteiger partial charge in [-0.25, -0.2) is 0 Å². The maximum absolute atomic E-state index is 6.58. The van der Waals surface area contributed by atoms with E-state index in [0.717, 1.165) is 77.5 Å². The highest BCUT2D eigenvalue weighted by Crippen LogP contribution is 2.43. The summed E-state index contributed by atoms with van der Waals surface area (Å²) in [5, 5.41) is 11.8. The van der Waals surface area contributed by atoms with Crippen LogP contribution >= 0.6 is 0 Å². The van der Waals surface area contributed by atoms with Crippen LogP contribution in [0.2, 0.25) is 0 Å². The summed E-state index contributed by atoms with van der Waals surface area (Å²) in [7, 11) is 0. The number of hydrogen-bond acceptors (Lipinski definition) is 3. The number of fused-ring (bicyclic) bond motifs is 11. The lowest BCUT2D eigenvalue weighted by molar-refractivity contribution is 0.669. The third-order valence-electron chi connectivity index (χ3n) is 11.6. The fraction of sp³-hybridized carbons (Fsp3) is 0. The predicted octanol–water partition coefficient (Wildman–Crippen LogP) is 15.7. The normalized spacial score (nSPS) is 11.9. The van der Waals surface area contributed by atoms with E-state index in [-0.39, 0.29) is 0 Å². The van der Waals surface area contributed by atoms with Gasteiger partial charge in [0.15, 0.2) is 0 Å². The topological polar surface area (TPSA) is 29.5 Å². The Labute approximate surface area is 328 Å². The minimum atomic E-state index is 0.858. The summed E-state index contributed by atoms with van der Waals surface area (Å²) in [4.78, 5) is 2.33. The highest BCUT2D eigenvalue weighted by Gasteiger charge is 2.19. The molecule has 0 aliphatic carbocycles. The molecule has 3 heteroatoms. The summed E-state index contributed by atoms with van der Waals surface area (Å²) < 4.78 is 13.0. The Morgan fingerprint density at radius 1 is 0.298 bits per heavy atom. The smallest absolute Gasteiger partial charge is 0.143 e. The quantitative estimate of drug-likeness (QED) is 0.165. The van der Waals surface area contributed by atoms with Crippen LogP contribution in [0.25, 0.3) is 98.4 Å². The van der Waals surface area contributed by atoms with Crippen LogP contribution in [-0.2, 0) is 0 Å². The third kappa shape index (κ3) is 5.06. The first-order valence-corrected chi connectivity index (χ1v) is 19.4. The van der Waals surface area contributed by atoms with Gasteiger partial charge in [-0.1, -0.05) is 133 Å². The lowest BCUT2D eigenvalue weighted by Crippen LogP contribution is -2.10. The van der Waals surface area contributed by atoms with E-state index in [1.807, 2.05) is 12.1 Å². The molecular formula is C54H33NO2. The van der Waals surface area contributed by atoms with Crippen LogP contribution in [0, 0.1) is 0 Å². The summed E-state index contributed by atoms with van der Waals surface area (Å²) in [5.41, 5.74) is 11.3. The molecule has 0 atom stereocenters. The van der Waals surface area contributed by atoms with Crippen LogP contribution in [-0.4, -0.2) is 0 Å². The van der Waals surface area contributed by atoms with Crippen LogP contribution in [0.4, 0.5) is 17.1 Å². The Kier molecular flexibility index (Phi) is 6.93. The zero-order valence-electron chi connectivity index (χ0n) is 30.8. The molecule has 57 heavy (non-hydrogen) atoms. The molecule has 0 spiro atoms. The van der Waals surface area contributed by atoms with Crippen LogP contribution in [0.15, 0.2) is 209 Å². The molecule has 0 amide bonds. The summed E-state index contributed by atoms with van der Waals surface area (Å²) in [5.74, 6) is 0. The van der Waals surface area contributed by atoms with Crippen LogP contribution in [0.1, 0.15) is 0 Å². The number of benzene rings is 10. The van der Waals surface area contributed by atoms with Crippen molar-refractivity contribution in [1.29, 1.82) is 0 Å². The first-order valence-electron chi connectivity index (χ1n) is 19.4. The average Bonchev–Trinajstić information content (AvgIpc) is 3.85. The molecule has 0 fully saturated rings. The fourth-order valence-corrected chi connectivity index (χ4v) is 8.90. The molecular weight excluding hydrogens is 695 g/mol. The SMILES string of the molecule is c1cc(-c2cccc3oc4c5ccccc5ccc4c23)cc(N(c2ccc(-c3ccc4c(ccc5ccccc54)c3)cc2)c2ccc3c(c2)oc2ccccc23)c1. The Hall–Kier alpha value is -7.62. The van der Waals surface area contributed by atoms with E-state index in [9.17, 15) is 0 Å². The van der Waals surface area contributed by atoms with E-state index in [4.69, 9.17) is 8.83 Å². The van der Waals surface area contributed by atoms with Crippen molar-refractivity contribution in [2.75, 3.05) is 4.90 Å². The van der Waals surface area contributed by atoms with Crippen LogP contribution < -0.4 is 4.90 Å². The van der Waals surface area contributed by atoms with Gasteiger partial charge < -0.3 is 13.7 Å². The standard InChI is InChI=1S/C54H33NO2/c1-3-13-43-35(9-1)19-20-39-31-37(24-28-44(39)43)34-21-25-40(26-22-34)55(42-27-30-48-47-15-5-6-17-50(47)56-52(48)33-42)41-12-7-11-38(32-41)45-16-8-18-51-53(45)49-29-23-36-10-2-4-14-46(36)54(49)57-51/h1-33H. The van der Waals surface area contributed by atoms with Gasteiger partial charge in [0.25, 0.3) is 0 Å². The molecule has 0 bridgehead atoms. The van der Waals surface area contributed by atoms with Crippen molar-refractivity contribution in [3.05, 3.63) is 200 Å². The van der Waals surface area contributed by atoms with Gasteiger partial charge in [0.1, 0.15) is 22.3 Å². The molecule has 0 aliphatic rings. The maximum atomic E-state index is 6.58. The van der Waals surface area contributed by atoms with Gasteiger partial charge in [0.2, 0.25) is 0 Å². The van der Waals surface area contributed by atoms with E-state index in [1.165, 1.54) is 38.1 Å². The van der Waals surface area contributed by atoms with E-state index in [2.05, 4.69) is 193 Å². The van der Waals surface area contributed by atoms with Gasteiger partial charge in [-0.05, 0) is 110 Å². The number of hydrogen-bond donors (Lipinski definition) is 0. The highest BCUT2D eigenvalue weighted by molar-refractivity contribution is 6.19. The fourth-order valence-electron chi connectivity index (χ4n) is 8.90. The minimum absolute atomic E-state index is 0.858. The molecule has 0 aliphatic heterocycles. The molecule has 0 unspecified atom stereocenters. The first kappa shape index (κ1) is 31.7. The summed E-state index contributed by atoms with van der Waals surface area (Å²) in [6, 6.07) is 71.6. The van der Waals surface area contributed by atoms with Crippen molar-refractivity contribution in [2.45, 2.75) is 0 Å². The van der Waals surface area contributed by atoms with Gasteiger partial charge in [-0.15, -0.1) is 0 Å². The first-order chi connectivity index (χ1) is 28.2. The zero-order chi connectivity index (χ0) is 37.5. The van der Waals surface area contributed by atoms with E-state index >= 15 is 0 Å². The molecule has 12 aromatic rings. The molecule has 2 heterocycles. The number of furan rings is 2. The Balaban J connectivity index is 1.00. The lowest BCUT2D eigenvalue weighted by atomic mass is 9.97. The molecule has 3 nitrogen and oxygen atoms in total. The van der Waals surface area contributed by atoms with Crippen LogP contribution in [0.3, 0.4) is 0 Å². The van der Waals surface area contributed by atoms with Crippen molar-refractivity contribution in [3.63, 3.8) is 0 Å². The predicted molar refractivity (Wildman–Crippen MR) is 239 cm³/mol. The van der Waals surface area contributed by atoms with Gasteiger partial charge in [0.05, 0.1) is 0 Å². The van der Waals surface area contributed by atoms with Crippen LogP contribution in [0.5, 0.6) is 0 Å². The van der Waals surface area contributed by atoms with Crippen molar-refractivity contribution in [2.24, 2.45) is 0 Å². The number of para-hydroxylation sites is 1.